The number of carbonyl (C=O) groups excluding carboxylic acids is 1. The Morgan fingerprint density at radius 1 is 1.26 bits per heavy atom. The van der Waals surface area contributed by atoms with E-state index in [2.05, 4.69) is 0 Å². The zero-order valence-electron chi connectivity index (χ0n) is 14.4. The van der Waals surface area contributed by atoms with Gasteiger partial charge in [-0.25, -0.2) is 0 Å². The number of benzene rings is 1. The van der Waals surface area contributed by atoms with Crippen molar-refractivity contribution in [1.82, 2.24) is 4.90 Å². The van der Waals surface area contributed by atoms with Gasteiger partial charge in [0.2, 0.25) is 0 Å². The van der Waals surface area contributed by atoms with Crippen LogP contribution in [0.4, 0.5) is 5.69 Å². The van der Waals surface area contributed by atoms with Gasteiger partial charge in [-0.1, -0.05) is 0 Å². The zero-order chi connectivity index (χ0) is 17.6. The SMILES string of the molecule is Cc1cc(C(=O)N2C(C)(C)CC(N)CC2(C)C)ccc1[N+](=O)[O-]. The third-order valence-corrected chi connectivity index (χ3v) is 4.58. The van der Waals surface area contributed by atoms with Gasteiger partial charge in [0.25, 0.3) is 11.6 Å². The topological polar surface area (TPSA) is 89.5 Å². The molecule has 1 aromatic rings. The number of nitrogens with zero attached hydrogens (tertiary/aromatic N) is 2. The van der Waals surface area contributed by atoms with E-state index in [9.17, 15) is 14.9 Å². The molecule has 2 N–H and O–H groups in total. The van der Waals surface area contributed by atoms with Crippen LogP contribution in [-0.4, -0.2) is 32.9 Å². The summed E-state index contributed by atoms with van der Waals surface area (Å²) < 4.78 is 0. The first-order valence-electron chi connectivity index (χ1n) is 7.81. The molecule has 0 radical (unpaired) electrons. The van der Waals surface area contributed by atoms with Crippen molar-refractivity contribution in [2.45, 2.75) is 64.6 Å². The van der Waals surface area contributed by atoms with Gasteiger partial charge in [0, 0.05) is 34.3 Å². The van der Waals surface area contributed by atoms with Gasteiger partial charge in [-0.3, -0.25) is 14.9 Å². The van der Waals surface area contributed by atoms with Gasteiger partial charge < -0.3 is 10.6 Å². The average Bonchev–Trinajstić information content (AvgIpc) is 2.34. The number of amides is 1. The first-order chi connectivity index (χ1) is 10.5. The van der Waals surface area contributed by atoms with Crippen LogP contribution >= 0.6 is 0 Å². The van der Waals surface area contributed by atoms with Crippen molar-refractivity contribution in [3.63, 3.8) is 0 Å². The minimum Gasteiger partial charge on any atom is -0.328 e. The standard InChI is InChI=1S/C17H25N3O3/c1-11-8-12(6-7-14(11)20(22)23)15(21)19-16(2,3)9-13(18)10-17(19,4)5/h6-8,13H,9-10,18H2,1-5H3. The lowest BCUT2D eigenvalue weighted by Crippen LogP contribution is -2.65. The Hall–Kier alpha value is -1.95. The largest absolute Gasteiger partial charge is 0.328 e. The molecule has 23 heavy (non-hydrogen) atoms. The number of hydrogen-bond acceptors (Lipinski definition) is 4. The van der Waals surface area contributed by atoms with E-state index in [1.54, 1.807) is 13.0 Å². The first-order valence-corrected chi connectivity index (χ1v) is 7.81. The molecule has 0 aromatic heterocycles. The maximum absolute atomic E-state index is 13.1. The molecule has 6 nitrogen and oxygen atoms in total. The van der Waals surface area contributed by atoms with E-state index >= 15 is 0 Å². The van der Waals surface area contributed by atoms with Crippen molar-refractivity contribution >= 4 is 11.6 Å². The number of nitrogens with two attached hydrogens (primary N) is 1. The highest BCUT2D eigenvalue weighted by Crippen LogP contribution is 2.39. The van der Waals surface area contributed by atoms with Crippen molar-refractivity contribution in [3.05, 3.63) is 39.4 Å². The van der Waals surface area contributed by atoms with Crippen LogP contribution in [-0.2, 0) is 0 Å². The van der Waals surface area contributed by atoms with Crippen LogP contribution < -0.4 is 5.73 Å². The number of nitro benzene ring substituents is 1. The lowest BCUT2D eigenvalue weighted by molar-refractivity contribution is -0.385. The van der Waals surface area contributed by atoms with Crippen LogP contribution in [0.5, 0.6) is 0 Å². The molecule has 0 atom stereocenters. The normalized spacial score (nSPS) is 20.3. The molecule has 0 aliphatic carbocycles. The third kappa shape index (κ3) is 3.22. The Balaban J connectivity index is 2.42. The first kappa shape index (κ1) is 17.4. The summed E-state index contributed by atoms with van der Waals surface area (Å²) >= 11 is 0. The summed E-state index contributed by atoms with van der Waals surface area (Å²) in [7, 11) is 0. The molecule has 1 fully saturated rings. The maximum Gasteiger partial charge on any atom is 0.272 e. The molecule has 1 amide bonds. The second kappa shape index (κ2) is 5.60. The predicted octanol–water partition coefficient (Wildman–Crippen LogP) is 3.02. The molecule has 1 aromatic carbocycles. The van der Waals surface area contributed by atoms with Crippen LogP contribution in [0.15, 0.2) is 18.2 Å². The van der Waals surface area contributed by atoms with Gasteiger partial charge in [-0.05, 0) is 59.6 Å². The fraction of sp³-hybridized carbons (Fsp3) is 0.588. The average molecular weight is 319 g/mol. The lowest BCUT2D eigenvalue weighted by atomic mass is 9.77. The molecule has 6 heteroatoms. The van der Waals surface area contributed by atoms with Crippen LogP contribution in [0.3, 0.4) is 0 Å². The number of aryl methyl sites for hydroxylation is 1. The molecule has 126 valence electrons. The number of likely N-dealkylation sites (tertiary alicyclic amines) is 1. The van der Waals surface area contributed by atoms with Crippen molar-refractivity contribution in [2.75, 3.05) is 0 Å². The zero-order valence-corrected chi connectivity index (χ0v) is 14.4. The van der Waals surface area contributed by atoms with E-state index in [1.165, 1.54) is 12.1 Å². The summed E-state index contributed by atoms with van der Waals surface area (Å²) in [5.41, 5.74) is 6.41. The Bertz CT molecular complexity index is 634. The highest BCUT2D eigenvalue weighted by molar-refractivity contribution is 5.95. The van der Waals surface area contributed by atoms with Crippen LogP contribution in [0.25, 0.3) is 0 Å². The van der Waals surface area contributed by atoms with Gasteiger partial charge in [-0.2, -0.15) is 0 Å². The minimum atomic E-state index is -0.433. The van der Waals surface area contributed by atoms with E-state index in [0.29, 0.717) is 11.1 Å². The Kier molecular flexibility index (Phi) is 4.24. The van der Waals surface area contributed by atoms with E-state index in [1.807, 2.05) is 32.6 Å². The summed E-state index contributed by atoms with van der Waals surface area (Å²) in [4.78, 5) is 25.5. The van der Waals surface area contributed by atoms with Crippen LogP contribution in [0.2, 0.25) is 0 Å². The monoisotopic (exact) mass is 319 g/mol. The van der Waals surface area contributed by atoms with Gasteiger partial charge in [-0.15, -0.1) is 0 Å². The van der Waals surface area contributed by atoms with E-state index in [-0.39, 0.29) is 28.7 Å². The molecule has 0 unspecified atom stereocenters. The molecular formula is C17H25N3O3. The van der Waals surface area contributed by atoms with Crippen molar-refractivity contribution in [1.29, 1.82) is 0 Å². The van der Waals surface area contributed by atoms with Crippen LogP contribution in [0, 0.1) is 17.0 Å². The molecule has 0 saturated carbocycles. The molecule has 1 aliphatic rings. The second-order valence-corrected chi connectivity index (χ2v) is 7.69. The quantitative estimate of drug-likeness (QED) is 0.670. The number of piperidine rings is 1. The molecule has 0 spiro atoms. The predicted molar refractivity (Wildman–Crippen MR) is 89.4 cm³/mol. The van der Waals surface area contributed by atoms with E-state index < -0.39 is 4.92 Å². The molecule has 2 rings (SSSR count). The highest BCUT2D eigenvalue weighted by atomic mass is 16.6. The summed E-state index contributed by atoms with van der Waals surface area (Å²) in [6.45, 7) is 9.72. The number of nitro groups is 1. The maximum atomic E-state index is 13.1. The fourth-order valence-corrected chi connectivity index (χ4v) is 4.03. The van der Waals surface area contributed by atoms with Gasteiger partial charge in [0.15, 0.2) is 0 Å². The van der Waals surface area contributed by atoms with Gasteiger partial charge in [0.1, 0.15) is 0 Å². The molecule has 0 bridgehead atoms. The lowest BCUT2D eigenvalue weighted by Gasteiger charge is -2.54. The number of hydrogen-bond donors (Lipinski definition) is 1. The number of carbonyl (C=O) groups is 1. The summed E-state index contributed by atoms with van der Waals surface area (Å²) in [5, 5.41) is 10.9. The smallest absolute Gasteiger partial charge is 0.272 e. The fourth-order valence-electron chi connectivity index (χ4n) is 4.03. The Morgan fingerprint density at radius 3 is 2.22 bits per heavy atom. The van der Waals surface area contributed by atoms with Crippen LogP contribution in [0.1, 0.15) is 56.5 Å². The summed E-state index contributed by atoms with van der Waals surface area (Å²) in [6, 6.07) is 4.59. The van der Waals surface area contributed by atoms with Crippen molar-refractivity contribution in [2.24, 2.45) is 5.73 Å². The highest BCUT2D eigenvalue weighted by Gasteiger charge is 2.47. The Labute approximate surface area is 136 Å². The van der Waals surface area contributed by atoms with E-state index in [4.69, 9.17) is 5.73 Å². The second-order valence-electron chi connectivity index (χ2n) is 7.69. The molecule has 1 aliphatic heterocycles. The van der Waals surface area contributed by atoms with Gasteiger partial charge >= 0.3 is 0 Å². The van der Waals surface area contributed by atoms with Crippen molar-refractivity contribution in [3.8, 4) is 0 Å². The third-order valence-electron chi connectivity index (χ3n) is 4.58. The molecular weight excluding hydrogens is 294 g/mol. The van der Waals surface area contributed by atoms with Crippen molar-refractivity contribution < 1.29 is 9.72 Å². The minimum absolute atomic E-state index is 0.0285. The molecule has 1 heterocycles. The number of rotatable bonds is 2. The molecule has 1 saturated heterocycles. The van der Waals surface area contributed by atoms with E-state index in [0.717, 1.165) is 12.8 Å². The summed E-state index contributed by atoms with van der Waals surface area (Å²) in [6.07, 6.45) is 1.46. The van der Waals surface area contributed by atoms with Gasteiger partial charge in [0.05, 0.1) is 4.92 Å². The Morgan fingerprint density at radius 2 is 1.78 bits per heavy atom. The summed E-state index contributed by atoms with van der Waals surface area (Å²) in [5.74, 6) is -0.107.